The zero-order chi connectivity index (χ0) is 32.1. The average molecular weight is 649 g/mol. The number of aliphatic hydroxyl groups excluding tert-OH is 4. The Morgan fingerprint density at radius 3 is 1.09 bits per heavy atom. The minimum Gasteiger partial charge on any atom is -0.430 e. The van der Waals surface area contributed by atoms with Gasteiger partial charge in [-0.1, -0.05) is 0 Å². The van der Waals surface area contributed by atoms with Crippen LogP contribution in [0.15, 0.2) is 0 Å². The molecule has 260 valence electrons. The van der Waals surface area contributed by atoms with Crippen molar-refractivity contribution < 1.29 is 86.9 Å². The summed E-state index contributed by atoms with van der Waals surface area (Å²) in [5, 5.41) is 35.0. The Morgan fingerprint density at radius 2 is 0.818 bits per heavy atom. The molecule has 0 aromatic heterocycles. The van der Waals surface area contributed by atoms with Crippen LogP contribution >= 0.6 is 0 Å². The van der Waals surface area contributed by atoms with Crippen molar-refractivity contribution in [3.63, 3.8) is 0 Å². The third kappa shape index (κ3) is 24.4. The molecule has 0 amide bonds. The molecule has 2 heterocycles. The van der Waals surface area contributed by atoms with Gasteiger partial charge in [0.05, 0.1) is 119 Å². The zero-order valence-corrected chi connectivity index (χ0v) is 25.0. The van der Waals surface area contributed by atoms with E-state index in [0.717, 1.165) is 0 Å². The third-order valence-corrected chi connectivity index (χ3v) is 5.18. The molecule has 4 unspecified atom stereocenters. The molecule has 0 aromatic carbocycles. The molecule has 0 bridgehead atoms. The van der Waals surface area contributed by atoms with Crippen LogP contribution in [0.3, 0.4) is 0 Å². The van der Waals surface area contributed by atoms with Crippen LogP contribution in [-0.2, 0) is 56.8 Å². The Labute approximate surface area is 256 Å². The molecule has 2 fully saturated rings. The van der Waals surface area contributed by atoms with Gasteiger partial charge >= 0.3 is 12.3 Å². The van der Waals surface area contributed by atoms with E-state index >= 15 is 0 Å². The molecule has 2 aliphatic heterocycles. The summed E-state index contributed by atoms with van der Waals surface area (Å²) < 4.78 is 60.5. The quantitative estimate of drug-likeness (QED) is 0.0525. The second kappa shape index (κ2) is 28.5. The van der Waals surface area contributed by atoms with Crippen LogP contribution in [0, 0.1) is 0 Å². The van der Waals surface area contributed by atoms with E-state index in [0.29, 0.717) is 92.5 Å². The van der Waals surface area contributed by atoms with E-state index in [-0.39, 0.29) is 51.8 Å². The minimum absolute atomic E-state index is 0.0907. The second-order valence-corrected chi connectivity index (χ2v) is 9.02. The zero-order valence-electron chi connectivity index (χ0n) is 25.0. The van der Waals surface area contributed by atoms with E-state index < -0.39 is 24.5 Å². The van der Waals surface area contributed by atoms with E-state index in [2.05, 4.69) is 9.47 Å². The lowest BCUT2D eigenvalue weighted by Crippen LogP contribution is -2.21. The van der Waals surface area contributed by atoms with Gasteiger partial charge in [0.25, 0.3) is 0 Å². The normalized spacial score (nSPS) is 19.0. The maximum Gasteiger partial charge on any atom is 0.508 e. The standard InChI is InChI=1S/C14H22O10.C12H26O8/c15-13-21-9-11(23-13)7-19-5-3-17-1-2-18-4-6-20-8-12-10-22-14(16)24-12;13-7-11(15)9-19-5-3-17-1-2-18-4-6-20-10-12(16)8-14/h11-12H,1-10H2;11-16H,1-10H2. The van der Waals surface area contributed by atoms with Crippen molar-refractivity contribution in [1.82, 2.24) is 0 Å². The van der Waals surface area contributed by atoms with Crippen molar-refractivity contribution in [1.29, 1.82) is 0 Å². The number of rotatable bonds is 28. The van der Waals surface area contributed by atoms with Gasteiger partial charge in [0, 0.05) is 0 Å². The second-order valence-electron chi connectivity index (χ2n) is 9.02. The highest BCUT2D eigenvalue weighted by atomic mass is 16.8. The third-order valence-electron chi connectivity index (χ3n) is 5.18. The van der Waals surface area contributed by atoms with Crippen molar-refractivity contribution >= 4 is 12.3 Å². The summed E-state index contributed by atoms with van der Waals surface area (Å²) in [4.78, 5) is 21.3. The molecule has 2 aliphatic rings. The smallest absolute Gasteiger partial charge is 0.430 e. The van der Waals surface area contributed by atoms with Crippen molar-refractivity contribution in [3.8, 4) is 0 Å². The van der Waals surface area contributed by atoms with Gasteiger partial charge in [-0.15, -0.1) is 0 Å². The summed E-state index contributed by atoms with van der Waals surface area (Å²) in [6.45, 7) is 5.46. The lowest BCUT2D eigenvalue weighted by atomic mass is 10.4. The number of carbonyl (C=O) groups excluding carboxylic acids is 2. The first-order valence-electron chi connectivity index (χ1n) is 14.3. The van der Waals surface area contributed by atoms with Crippen LogP contribution in [0.1, 0.15) is 0 Å². The first-order chi connectivity index (χ1) is 21.4. The summed E-state index contributed by atoms with van der Waals surface area (Å²) in [5.41, 5.74) is 0. The van der Waals surface area contributed by atoms with Gasteiger partial charge in [-0.05, 0) is 0 Å². The van der Waals surface area contributed by atoms with E-state index in [4.69, 9.17) is 67.8 Å². The van der Waals surface area contributed by atoms with Gasteiger partial charge < -0.3 is 77.3 Å². The number of aliphatic hydroxyl groups is 4. The van der Waals surface area contributed by atoms with Gasteiger partial charge in [0.2, 0.25) is 0 Å². The summed E-state index contributed by atoms with van der Waals surface area (Å²) in [7, 11) is 0. The molecule has 4 N–H and O–H groups in total. The van der Waals surface area contributed by atoms with Gasteiger partial charge in [0.15, 0.2) is 12.2 Å². The molecule has 0 spiro atoms. The largest absolute Gasteiger partial charge is 0.508 e. The minimum atomic E-state index is -0.845. The summed E-state index contributed by atoms with van der Waals surface area (Å²) in [5.74, 6) is 0. The molecular formula is C26H48O18. The number of hydrogen-bond donors (Lipinski definition) is 4. The van der Waals surface area contributed by atoms with Gasteiger partial charge in [-0.25, -0.2) is 9.59 Å². The van der Waals surface area contributed by atoms with Gasteiger partial charge in [-0.3, -0.25) is 0 Å². The molecule has 18 heteroatoms. The summed E-state index contributed by atoms with van der Waals surface area (Å²) >= 11 is 0. The number of cyclic esters (lactones) is 4. The first kappa shape index (κ1) is 40.1. The van der Waals surface area contributed by atoms with Crippen molar-refractivity contribution in [2.45, 2.75) is 24.4 Å². The van der Waals surface area contributed by atoms with Gasteiger partial charge in [0.1, 0.15) is 25.4 Å². The lowest BCUT2D eigenvalue weighted by molar-refractivity contribution is -0.0347. The Morgan fingerprint density at radius 1 is 0.523 bits per heavy atom. The molecule has 2 saturated heterocycles. The topological polar surface area (TPSA) is 226 Å². The molecule has 44 heavy (non-hydrogen) atoms. The first-order valence-corrected chi connectivity index (χ1v) is 14.3. The Balaban J connectivity index is 0.000000449. The van der Waals surface area contributed by atoms with Crippen LogP contribution < -0.4 is 0 Å². The van der Waals surface area contributed by atoms with Crippen molar-refractivity contribution in [3.05, 3.63) is 0 Å². The molecule has 2 rings (SSSR count). The fourth-order valence-electron chi connectivity index (χ4n) is 2.98. The molecule has 0 aliphatic carbocycles. The Bertz CT molecular complexity index is 629. The summed E-state index contributed by atoms with van der Waals surface area (Å²) in [6.07, 6.45) is -3.66. The molecule has 4 atom stereocenters. The molecule has 0 saturated carbocycles. The highest BCUT2D eigenvalue weighted by Gasteiger charge is 2.25. The Hall–Kier alpha value is -1.94. The predicted molar refractivity (Wildman–Crippen MR) is 145 cm³/mol. The van der Waals surface area contributed by atoms with Crippen LogP contribution in [0.4, 0.5) is 9.59 Å². The van der Waals surface area contributed by atoms with E-state index in [1.54, 1.807) is 0 Å². The maximum absolute atomic E-state index is 10.7. The number of hydrogen-bond acceptors (Lipinski definition) is 18. The van der Waals surface area contributed by atoms with E-state index in [1.165, 1.54) is 0 Å². The van der Waals surface area contributed by atoms with Crippen molar-refractivity contribution in [2.24, 2.45) is 0 Å². The monoisotopic (exact) mass is 648 g/mol. The fraction of sp³-hybridized carbons (Fsp3) is 0.923. The van der Waals surface area contributed by atoms with Crippen LogP contribution in [0.2, 0.25) is 0 Å². The van der Waals surface area contributed by atoms with Gasteiger partial charge in [-0.2, -0.15) is 0 Å². The molecule has 18 nitrogen and oxygen atoms in total. The van der Waals surface area contributed by atoms with Crippen molar-refractivity contribution in [2.75, 3.05) is 132 Å². The van der Waals surface area contributed by atoms with Crippen LogP contribution in [0.25, 0.3) is 0 Å². The average Bonchev–Trinajstić information content (AvgIpc) is 3.64. The number of ether oxygens (including phenoxy) is 12. The van der Waals surface area contributed by atoms with E-state index in [1.807, 2.05) is 0 Å². The van der Waals surface area contributed by atoms with Crippen LogP contribution in [0.5, 0.6) is 0 Å². The molecule has 0 radical (unpaired) electrons. The maximum atomic E-state index is 10.7. The SMILES string of the molecule is O=C1OCC(COCCOCCOCCOCC2COC(=O)O2)O1.OCC(O)COCCOCCOCCOCC(O)CO. The molecule has 0 aromatic rings. The summed E-state index contributed by atoms with van der Waals surface area (Å²) in [6, 6.07) is 0. The molecular weight excluding hydrogens is 600 g/mol. The van der Waals surface area contributed by atoms with Crippen LogP contribution in [-0.4, -0.2) is 189 Å². The fourth-order valence-corrected chi connectivity index (χ4v) is 2.98. The lowest BCUT2D eigenvalue weighted by Gasteiger charge is -2.10. The Kier molecular flexibility index (Phi) is 26.0. The highest BCUT2D eigenvalue weighted by molar-refractivity contribution is 5.62. The van der Waals surface area contributed by atoms with E-state index in [9.17, 15) is 9.59 Å². The number of carbonyl (C=O) groups is 2. The highest BCUT2D eigenvalue weighted by Crippen LogP contribution is 2.06. The predicted octanol–water partition coefficient (Wildman–Crippen LogP) is -2.12.